The summed E-state index contributed by atoms with van der Waals surface area (Å²) in [6, 6.07) is 16.3. The van der Waals surface area contributed by atoms with Crippen LogP contribution in [0.25, 0.3) is 0 Å². The standard InChI is InChI=1S/C35H43N7O4/c1-22(23-10-6-4-7-11-23)28-21-42(34(46)39-28)35(33(45)36-2)19-25-14-15-27(18-26(25)20-35)38-32(44)30(24-12-8-5-9-13-24)40-31(43)29-16-17-37-41(29)3/h4,6-7,10-11,14-18,22,24,28,30H,5,8-9,12-13,19-21H2,1-3H3,(H,36,45)(H,38,44)(H,39,46)(H,40,43)/t22?,28?,30-,35?/m0/s1. The van der Waals surface area contributed by atoms with Crippen LogP contribution in [0.4, 0.5) is 10.5 Å². The Labute approximate surface area is 269 Å². The van der Waals surface area contributed by atoms with Gasteiger partial charge < -0.3 is 26.2 Å². The minimum absolute atomic E-state index is 0.0288. The van der Waals surface area contributed by atoms with Gasteiger partial charge in [0.1, 0.15) is 17.3 Å². The number of aryl methyl sites for hydroxylation is 1. The highest BCUT2D eigenvalue weighted by Crippen LogP contribution is 2.39. The highest BCUT2D eigenvalue weighted by atomic mass is 16.2. The molecule has 3 unspecified atom stereocenters. The molecule has 0 bridgehead atoms. The molecule has 2 heterocycles. The van der Waals surface area contributed by atoms with Crippen molar-refractivity contribution in [3.8, 4) is 0 Å². The topological polar surface area (TPSA) is 137 Å². The van der Waals surface area contributed by atoms with Gasteiger partial charge in [-0.2, -0.15) is 5.10 Å². The van der Waals surface area contributed by atoms with Crippen molar-refractivity contribution >= 4 is 29.4 Å². The number of nitrogens with zero attached hydrogens (tertiary/aromatic N) is 3. The first-order chi connectivity index (χ1) is 22.2. The van der Waals surface area contributed by atoms with Gasteiger partial charge in [0.25, 0.3) is 5.91 Å². The molecule has 3 aromatic rings. The molecule has 3 aliphatic rings. The molecule has 242 valence electrons. The Hall–Kier alpha value is -4.67. The summed E-state index contributed by atoms with van der Waals surface area (Å²) in [6.07, 6.45) is 7.16. The Morgan fingerprint density at radius 2 is 1.74 bits per heavy atom. The molecule has 1 saturated heterocycles. The molecular formula is C35H43N7O4. The molecule has 2 fully saturated rings. The van der Waals surface area contributed by atoms with E-state index in [1.54, 1.807) is 31.3 Å². The summed E-state index contributed by atoms with van der Waals surface area (Å²) in [7, 11) is 3.30. The number of hydrogen-bond acceptors (Lipinski definition) is 5. The van der Waals surface area contributed by atoms with Gasteiger partial charge in [-0.3, -0.25) is 19.1 Å². The van der Waals surface area contributed by atoms with E-state index < -0.39 is 11.6 Å². The van der Waals surface area contributed by atoms with Crippen molar-refractivity contribution in [2.75, 3.05) is 18.9 Å². The van der Waals surface area contributed by atoms with E-state index in [-0.39, 0.29) is 41.6 Å². The SMILES string of the molecule is CNC(=O)C1(N2CC(C(C)c3ccccc3)NC2=O)Cc2ccc(NC(=O)[C@@H](NC(=O)c3ccnn3C)C3CCCCC3)cc2C1. The lowest BCUT2D eigenvalue weighted by atomic mass is 9.83. The number of fused-ring (bicyclic) bond motifs is 1. The molecule has 1 aliphatic heterocycles. The second-order valence-corrected chi connectivity index (χ2v) is 13.0. The number of anilines is 1. The van der Waals surface area contributed by atoms with Crippen LogP contribution in [0.2, 0.25) is 0 Å². The van der Waals surface area contributed by atoms with Gasteiger partial charge in [0.2, 0.25) is 11.8 Å². The maximum atomic E-state index is 13.8. The summed E-state index contributed by atoms with van der Waals surface area (Å²) >= 11 is 0. The van der Waals surface area contributed by atoms with Crippen molar-refractivity contribution in [2.45, 2.75) is 75.4 Å². The minimum Gasteiger partial charge on any atom is -0.357 e. The minimum atomic E-state index is -1.09. The van der Waals surface area contributed by atoms with Crippen molar-refractivity contribution in [3.05, 3.63) is 83.2 Å². The number of nitrogens with one attached hydrogen (secondary N) is 4. The monoisotopic (exact) mass is 625 g/mol. The molecule has 11 nitrogen and oxygen atoms in total. The molecular weight excluding hydrogens is 582 g/mol. The molecule has 1 saturated carbocycles. The first-order valence-corrected chi connectivity index (χ1v) is 16.3. The smallest absolute Gasteiger partial charge is 0.318 e. The van der Waals surface area contributed by atoms with Crippen LogP contribution in [0, 0.1) is 5.92 Å². The van der Waals surface area contributed by atoms with Gasteiger partial charge in [0.15, 0.2) is 0 Å². The fourth-order valence-electron chi connectivity index (χ4n) is 7.54. The Morgan fingerprint density at radius 3 is 2.43 bits per heavy atom. The van der Waals surface area contributed by atoms with Crippen molar-refractivity contribution < 1.29 is 19.2 Å². The zero-order chi connectivity index (χ0) is 32.4. The maximum absolute atomic E-state index is 13.8. The maximum Gasteiger partial charge on any atom is 0.318 e. The van der Waals surface area contributed by atoms with Crippen molar-refractivity contribution in [1.29, 1.82) is 0 Å². The largest absolute Gasteiger partial charge is 0.357 e. The van der Waals surface area contributed by atoms with Crippen molar-refractivity contribution in [2.24, 2.45) is 13.0 Å². The quantitative estimate of drug-likeness (QED) is 0.289. The predicted octanol–water partition coefficient (Wildman–Crippen LogP) is 3.52. The second-order valence-electron chi connectivity index (χ2n) is 13.0. The number of urea groups is 1. The summed E-state index contributed by atoms with van der Waals surface area (Å²) in [5, 5.41) is 16.1. The first-order valence-electron chi connectivity index (χ1n) is 16.3. The summed E-state index contributed by atoms with van der Waals surface area (Å²) in [6.45, 7) is 2.49. The molecule has 6 rings (SSSR count). The number of rotatable bonds is 9. The Bertz CT molecular complexity index is 1620. The third-order valence-electron chi connectivity index (χ3n) is 10.2. The zero-order valence-corrected chi connectivity index (χ0v) is 26.7. The van der Waals surface area contributed by atoms with E-state index in [1.807, 2.05) is 36.4 Å². The van der Waals surface area contributed by atoms with Crippen LogP contribution in [0.5, 0.6) is 0 Å². The molecule has 2 aromatic carbocycles. The molecule has 2 aliphatic carbocycles. The van der Waals surface area contributed by atoms with Crippen LogP contribution in [-0.4, -0.2) is 69.6 Å². The average Bonchev–Trinajstić information content (AvgIpc) is 3.80. The van der Waals surface area contributed by atoms with Crippen molar-refractivity contribution in [3.63, 3.8) is 0 Å². The summed E-state index contributed by atoms with van der Waals surface area (Å²) in [5.74, 6) is -0.722. The van der Waals surface area contributed by atoms with Crippen LogP contribution in [0.15, 0.2) is 60.8 Å². The van der Waals surface area contributed by atoms with E-state index in [4.69, 9.17) is 0 Å². The van der Waals surface area contributed by atoms with Crippen LogP contribution in [0.1, 0.15) is 72.1 Å². The number of hydrogen-bond donors (Lipinski definition) is 4. The molecule has 4 atom stereocenters. The van der Waals surface area contributed by atoms with Gasteiger partial charge in [-0.05, 0) is 53.6 Å². The Kier molecular flexibility index (Phi) is 8.84. The molecule has 5 amide bonds. The third kappa shape index (κ3) is 5.98. The predicted molar refractivity (Wildman–Crippen MR) is 174 cm³/mol. The second kappa shape index (κ2) is 13.0. The van der Waals surface area contributed by atoms with E-state index >= 15 is 0 Å². The van der Waals surface area contributed by atoms with E-state index in [1.165, 1.54) is 4.68 Å². The van der Waals surface area contributed by atoms with Gasteiger partial charge in [0, 0.05) is 51.3 Å². The van der Waals surface area contributed by atoms with Gasteiger partial charge >= 0.3 is 6.03 Å². The third-order valence-corrected chi connectivity index (χ3v) is 10.2. The van der Waals surface area contributed by atoms with E-state index in [9.17, 15) is 19.2 Å². The zero-order valence-electron chi connectivity index (χ0n) is 26.7. The van der Waals surface area contributed by atoms with E-state index in [0.717, 1.165) is 48.8 Å². The van der Waals surface area contributed by atoms with Gasteiger partial charge in [0.05, 0.1) is 6.04 Å². The highest BCUT2D eigenvalue weighted by molar-refractivity contribution is 6.01. The molecule has 0 spiro atoms. The van der Waals surface area contributed by atoms with Crippen LogP contribution < -0.4 is 21.3 Å². The molecule has 0 radical (unpaired) electrons. The first kappa shape index (κ1) is 31.3. The molecule has 46 heavy (non-hydrogen) atoms. The van der Waals surface area contributed by atoms with Gasteiger partial charge in [-0.15, -0.1) is 0 Å². The highest BCUT2D eigenvalue weighted by Gasteiger charge is 2.53. The number of carbonyl (C=O) groups is 4. The number of aromatic nitrogens is 2. The molecule has 1 aromatic heterocycles. The molecule has 4 N–H and O–H groups in total. The average molecular weight is 626 g/mol. The van der Waals surface area contributed by atoms with Crippen LogP contribution in [-0.2, 0) is 29.5 Å². The number of carbonyl (C=O) groups excluding carboxylic acids is 4. The van der Waals surface area contributed by atoms with Crippen LogP contribution >= 0.6 is 0 Å². The summed E-state index contributed by atoms with van der Waals surface area (Å²) < 4.78 is 1.50. The van der Waals surface area contributed by atoms with E-state index in [2.05, 4.69) is 45.4 Å². The number of benzene rings is 2. The Morgan fingerprint density at radius 1 is 1.00 bits per heavy atom. The number of amides is 5. The summed E-state index contributed by atoms with van der Waals surface area (Å²) in [4.78, 5) is 55.6. The fourth-order valence-corrected chi connectivity index (χ4v) is 7.54. The summed E-state index contributed by atoms with van der Waals surface area (Å²) in [5.41, 5.74) is 2.89. The normalized spacial score (nSPS) is 22.5. The number of likely N-dealkylation sites (N-methyl/N-ethyl adjacent to an activating group) is 1. The van der Waals surface area contributed by atoms with Gasteiger partial charge in [-0.1, -0.05) is 62.6 Å². The Balaban J connectivity index is 1.20. The van der Waals surface area contributed by atoms with Gasteiger partial charge in [-0.25, -0.2) is 4.79 Å². The molecule has 11 heteroatoms. The van der Waals surface area contributed by atoms with Crippen LogP contribution in [0.3, 0.4) is 0 Å². The van der Waals surface area contributed by atoms with E-state index in [0.29, 0.717) is 30.8 Å². The van der Waals surface area contributed by atoms with Crippen molar-refractivity contribution in [1.82, 2.24) is 30.6 Å². The lowest BCUT2D eigenvalue weighted by Crippen LogP contribution is -2.60. The lowest BCUT2D eigenvalue weighted by Gasteiger charge is -2.36. The fraction of sp³-hybridized carbons (Fsp3) is 0.457. The lowest BCUT2D eigenvalue weighted by molar-refractivity contribution is -0.130.